The molecule has 3 aromatic rings. The zero-order valence-electron chi connectivity index (χ0n) is 18.0. The monoisotopic (exact) mass is 461 g/mol. The van der Waals surface area contributed by atoms with E-state index in [0.29, 0.717) is 29.1 Å². The van der Waals surface area contributed by atoms with Gasteiger partial charge >= 0.3 is 0 Å². The Kier molecular flexibility index (Phi) is 6.93. The smallest absolute Gasteiger partial charge is 0.217 e. The molecular formula is C21H27N5O3S2. The van der Waals surface area contributed by atoms with Gasteiger partial charge in [0.1, 0.15) is 21.6 Å². The second kappa shape index (κ2) is 9.29. The van der Waals surface area contributed by atoms with Crippen molar-refractivity contribution in [2.75, 3.05) is 11.9 Å². The summed E-state index contributed by atoms with van der Waals surface area (Å²) in [4.78, 5) is 13.2. The summed E-state index contributed by atoms with van der Waals surface area (Å²) in [7, 11) is -3.70. The highest BCUT2D eigenvalue weighted by Gasteiger charge is 2.22. The van der Waals surface area contributed by atoms with Gasteiger partial charge in [0.25, 0.3) is 0 Å². The lowest BCUT2D eigenvalue weighted by Gasteiger charge is -2.17. The first-order valence-corrected chi connectivity index (χ1v) is 12.2. The van der Waals surface area contributed by atoms with E-state index in [0.717, 1.165) is 29.9 Å². The van der Waals surface area contributed by atoms with Gasteiger partial charge in [0.2, 0.25) is 9.84 Å². The van der Waals surface area contributed by atoms with Gasteiger partial charge in [0.15, 0.2) is 5.13 Å². The molecule has 0 aliphatic carbocycles. The molecule has 3 rings (SSSR count). The number of sulfone groups is 1. The first-order valence-electron chi connectivity index (χ1n) is 9.91. The fraction of sp³-hybridized carbons (Fsp3) is 0.381. The number of aryl methyl sites for hydroxylation is 2. The van der Waals surface area contributed by atoms with Gasteiger partial charge in [0, 0.05) is 17.3 Å². The van der Waals surface area contributed by atoms with Crippen LogP contribution in [0.2, 0.25) is 0 Å². The number of hydrogen-bond donors (Lipinski definition) is 2. The van der Waals surface area contributed by atoms with E-state index in [4.69, 9.17) is 10.5 Å². The van der Waals surface area contributed by atoms with Crippen LogP contribution in [0.5, 0.6) is 5.75 Å². The van der Waals surface area contributed by atoms with Crippen molar-refractivity contribution in [3.63, 3.8) is 0 Å². The zero-order valence-corrected chi connectivity index (χ0v) is 19.7. The predicted molar refractivity (Wildman–Crippen MR) is 122 cm³/mol. The van der Waals surface area contributed by atoms with Gasteiger partial charge in [-0.15, -0.1) is 0 Å². The van der Waals surface area contributed by atoms with Gasteiger partial charge in [-0.3, -0.25) is 0 Å². The van der Waals surface area contributed by atoms with Crippen LogP contribution in [0.1, 0.15) is 38.7 Å². The summed E-state index contributed by atoms with van der Waals surface area (Å²) >= 11 is 1.05. The molecule has 0 radical (unpaired) electrons. The zero-order chi connectivity index (χ0) is 22.6. The Balaban J connectivity index is 1.80. The maximum Gasteiger partial charge on any atom is 0.217 e. The van der Waals surface area contributed by atoms with Crippen LogP contribution >= 0.6 is 11.3 Å². The van der Waals surface area contributed by atoms with Crippen LogP contribution in [-0.2, 0) is 16.3 Å². The van der Waals surface area contributed by atoms with Crippen LogP contribution in [-0.4, -0.2) is 35.5 Å². The van der Waals surface area contributed by atoms with E-state index in [2.05, 4.69) is 20.3 Å². The lowest BCUT2D eigenvalue weighted by atomic mass is 9.99. The van der Waals surface area contributed by atoms with Crippen molar-refractivity contribution in [3.05, 3.63) is 48.0 Å². The van der Waals surface area contributed by atoms with E-state index < -0.39 is 9.84 Å². The molecule has 0 aliphatic rings. The lowest BCUT2D eigenvalue weighted by Crippen LogP contribution is -2.32. The molecule has 0 atom stereocenters. The highest BCUT2D eigenvalue weighted by atomic mass is 32.2. The summed E-state index contributed by atoms with van der Waals surface area (Å²) < 4.78 is 31.5. The second-order valence-electron chi connectivity index (χ2n) is 7.80. The van der Waals surface area contributed by atoms with Gasteiger partial charge in [-0.2, -0.15) is 0 Å². The molecule has 0 amide bonds. The number of rotatable bonds is 9. The van der Waals surface area contributed by atoms with Crippen LogP contribution in [0, 0.1) is 6.92 Å². The Hall–Kier alpha value is -2.56. The third kappa shape index (κ3) is 6.22. The number of thiazole rings is 1. The van der Waals surface area contributed by atoms with E-state index >= 15 is 0 Å². The maximum atomic E-state index is 13.0. The van der Waals surface area contributed by atoms with E-state index in [1.807, 2.05) is 33.8 Å². The molecule has 8 nitrogen and oxygen atoms in total. The van der Waals surface area contributed by atoms with Gasteiger partial charge in [-0.05, 0) is 58.7 Å². The number of benzene rings is 1. The summed E-state index contributed by atoms with van der Waals surface area (Å²) in [6.45, 7) is 8.07. The number of nitrogens with zero attached hydrogens (tertiary/aromatic N) is 3. The molecule has 0 aliphatic heterocycles. The quantitative estimate of drug-likeness (QED) is 0.492. The number of nitrogens with two attached hydrogens (primary N) is 1. The SMILES string of the molecule is CCOc1cccc(S(=O)(=O)c2cnc(Nc3cc(CCC(C)(C)N)nc(C)n3)s2)c1. The summed E-state index contributed by atoms with van der Waals surface area (Å²) in [5.41, 5.74) is 6.65. The number of anilines is 2. The Bertz CT molecular complexity index is 1150. The topological polar surface area (TPSA) is 120 Å². The number of nitrogens with one attached hydrogen (secondary N) is 1. The van der Waals surface area contributed by atoms with Crippen LogP contribution in [0.4, 0.5) is 10.9 Å². The fourth-order valence-corrected chi connectivity index (χ4v) is 5.31. The first kappa shape index (κ1) is 23.1. The molecule has 3 N–H and O–H groups in total. The molecular weight excluding hydrogens is 434 g/mol. The average molecular weight is 462 g/mol. The Labute approximate surface area is 186 Å². The Morgan fingerprint density at radius 1 is 1.23 bits per heavy atom. The largest absolute Gasteiger partial charge is 0.494 e. The normalized spacial score (nSPS) is 12.0. The average Bonchev–Trinajstić information content (AvgIpc) is 3.15. The predicted octanol–water partition coefficient (Wildman–Crippen LogP) is 3.89. The Morgan fingerprint density at radius 2 is 2.00 bits per heavy atom. The minimum Gasteiger partial charge on any atom is -0.494 e. The van der Waals surface area contributed by atoms with Gasteiger partial charge < -0.3 is 15.8 Å². The van der Waals surface area contributed by atoms with Crippen LogP contribution in [0.25, 0.3) is 0 Å². The molecule has 0 saturated heterocycles. The molecule has 2 aromatic heterocycles. The summed E-state index contributed by atoms with van der Waals surface area (Å²) in [5.74, 6) is 1.69. The number of hydrogen-bond acceptors (Lipinski definition) is 9. The van der Waals surface area contributed by atoms with Crippen molar-refractivity contribution in [2.45, 2.75) is 55.2 Å². The maximum absolute atomic E-state index is 13.0. The van der Waals surface area contributed by atoms with E-state index in [1.54, 1.807) is 18.2 Å². The van der Waals surface area contributed by atoms with Crippen molar-refractivity contribution in [3.8, 4) is 5.75 Å². The van der Waals surface area contributed by atoms with Crippen LogP contribution < -0.4 is 15.8 Å². The minimum atomic E-state index is -3.70. The first-order chi connectivity index (χ1) is 14.6. The molecule has 0 saturated carbocycles. The van der Waals surface area contributed by atoms with Crippen molar-refractivity contribution in [1.29, 1.82) is 0 Å². The van der Waals surface area contributed by atoms with Gasteiger partial charge in [0.05, 0.1) is 17.7 Å². The van der Waals surface area contributed by atoms with E-state index in [1.165, 1.54) is 12.3 Å². The summed E-state index contributed by atoms with van der Waals surface area (Å²) in [6, 6.07) is 8.28. The summed E-state index contributed by atoms with van der Waals surface area (Å²) in [5, 5.41) is 3.53. The van der Waals surface area contributed by atoms with Crippen LogP contribution in [0.15, 0.2) is 45.6 Å². The number of aromatic nitrogens is 3. The highest BCUT2D eigenvalue weighted by molar-refractivity contribution is 7.93. The molecule has 166 valence electrons. The van der Waals surface area contributed by atoms with Crippen molar-refractivity contribution in [1.82, 2.24) is 15.0 Å². The highest BCUT2D eigenvalue weighted by Crippen LogP contribution is 2.31. The third-order valence-electron chi connectivity index (χ3n) is 4.33. The summed E-state index contributed by atoms with van der Waals surface area (Å²) in [6.07, 6.45) is 2.85. The molecule has 0 unspecified atom stereocenters. The Morgan fingerprint density at radius 3 is 2.71 bits per heavy atom. The van der Waals surface area contributed by atoms with E-state index in [-0.39, 0.29) is 14.6 Å². The third-order valence-corrected chi connectivity index (χ3v) is 7.45. The lowest BCUT2D eigenvalue weighted by molar-refractivity contribution is 0.339. The molecule has 0 spiro atoms. The van der Waals surface area contributed by atoms with Gasteiger partial charge in [-0.1, -0.05) is 17.4 Å². The molecule has 1 aromatic carbocycles. The molecule has 10 heteroatoms. The molecule has 31 heavy (non-hydrogen) atoms. The molecule has 2 heterocycles. The van der Waals surface area contributed by atoms with Crippen LogP contribution in [0.3, 0.4) is 0 Å². The number of ether oxygens (including phenoxy) is 1. The minimum absolute atomic E-state index is 0.138. The molecule has 0 fully saturated rings. The van der Waals surface area contributed by atoms with Crippen molar-refractivity contribution >= 4 is 32.1 Å². The van der Waals surface area contributed by atoms with Gasteiger partial charge in [-0.25, -0.2) is 23.4 Å². The van der Waals surface area contributed by atoms with Crippen molar-refractivity contribution in [2.24, 2.45) is 5.73 Å². The second-order valence-corrected chi connectivity index (χ2v) is 11.0. The van der Waals surface area contributed by atoms with Crippen molar-refractivity contribution < 1.29 is 13.2 Å². The standard InChI is InChI=1S/C21H27N5O3S2/c1-5-29-16-7-6-8-17(12-16)31(27,28)19-13-23-20(30-19)26-18-11-15(24-14(2)25-18)9-10-21(3,4)22/h6-8,11-13H,5,9-10,22H2,1-4H3,(H,23,24,25,26). The fourth-order valence-electron chi connectivity index (χ4n) is 2.84. The van der Waals surface area contributed by atoms with E-state index in [9.17, 15) is 8.42 Å². The molecule has 0 bridgehead atoms.